The van der Waals surface area contributed by atoms with Crippen LogP contribution < -0.4 is 16.4 Å². The van der Waals surface area contributed by atoms with Gasteiger partial charge in [0, 0.05) is 37.4 Å². The Bertz CT molecular complexity index is 544. The van der Waals surface area contributed by atoms with Gasteiger partial charge in [-0.2, -0.15) is 0 Å². The lowest BCUT2D eigenvalue weighted by atomic mass is 10.1. The van der Waals surface area contributed by atoms with Crippen LogP contribution in [0.15, 0.2) is 18.2 Å². The van der Waals surface area contributed by atoms with Gasteiger partial charge < -0.3 is 16.4 Å². The van der Waals surface area contributed by atoms with Crippen molar-refractivity contribution in [1.29, 1.82) is 0 Å². The summed E-state index contributed by atoms with van der Waals surface area (Å²) in [5.41, 5.74) is 8.11. The zero-order valence-corrected chi connectivity index (χ0v) is 12.5. The molecule has 1 fully saturated rings. The number of carbonyl (C=O) groups excluding carboxylic acids is 2. The predicted molar refractivity (Wildman–Crippen MR) is 82.9 cm³/mol. The Morgan fingerprint density at radius 3 is 2.90 bits per heavy atom. The Kier molecular flexibility index (Phi) is 4.80. The van der Waals surface area contributed by atoms with Crippen molar-refractivity contribution < 1.29 is 9.59 Å². The number of nitrogens with one attached hydrogen (secondary N) is 2. The molecule has 21 heavy (non-hydrogen) atoms. The van der Waals surface area contributed by atoms with E-state index < -0.39 is 0 Å². The van der Waals surface area contributed by atoms with Crippen LogP contribution in [-0.4, -0.2) is 42.4 Å². The molecule has 2 rings (SSSR count). The lowest BCUT2D eigenvalue weighted by Crippen LogP contribution is -2.37. The quantitative estimate of drug-likeness (QED) is 0.713. The standard InChI is InChI=1S/C15H22N4O2/c1-10-13(16)4-3-5-14(10)18-15(21)9-19-7-6-12(8-19)17-11(2)20/h3-5,12H,6-9,16H2,1-2H3,(H,17,20)(H,18,21). The summed E-state index contributed by atoms with van der Waals surface area (Å²) in [5, 5.41) is 5.77. The van der Waals surface area contributed by atoms with E-state index in [1.807, 2.05) is 30.0 Å². The highest BCUT2D eigenvalue weighted by Crippen LogP contribution is 2.20. The lowest BCUT2D eigenvalue weighted by Gasteiger charge is -2.17. The van der Waals surface area contributed by atoms with Crippen molar-refractivity contribution in [2.24, 2.45) is 0 Å². The molecule has 6 nitrogen and oxygen atoms in total. The Hall–Kier alpha value is -2.08. The van der Waals surface area contributed by atoms with Gasteiger partial charge in [0.1, 0.15) is 0 Å². The van der Waals surface area contributed by atoms with E-state index in [0.717, 1.165) is 24.2 Å². The SMILES string of the molecule is CC(=O)NC1CCN(CC(=O)Nc2cccc(N)c2C)C1. The molecule has 1 aromatic carbocycles. The van der Waals surface area contributed by atoms with E-state index >= 15 is 0 Å². The number of carbonyl (C=O) groups is 2. The minimum atomic E-state index is -0.0628. The Balaban J connectivity index is 1.85. The summed E-state index contributed by atoms with van der Waals surface area (Å²) in [7, 11) is 0. The molecule has 0 aromatic heterocycles. The van der Waals surface area contributed by atoms with Gasteiger partial charge in [0.05, 0.1) is 6.54 Å². The Morgan fingerprint density at radius 2 is 2.19 bits per heavy atom. The number of amides is 2. The molecule has 114 valence electrons. The number of likely N-dealkylation sites (tertiary alicyclic amines) is 1. The van der Waals surface area contributed by atoms with Crippen LogP contribution in [0.4, 0.5) is 11.4 Å². The van der Waals surface area contributed by atoms with Crippen LogP contribution in [0.3, 0.4) is 0 Å². The van der Waals surface area contributed by atoms with Crippen LogP contribution in [0.5, 0.6) is 0 Å². The second-order valence-corrected chi connectivity index (χ2v) is 5.49. The van der Waals surface area contributed by atoms with Gasteiger partial charge in [-0.25, -0.2) is 0 Å². The predicted octanol–water partition coefficient (Wildman–Crippen LogP) is 0.726. The molecule has 0 bridgehead atoms. The fourth-order valence-electron chi connectivity index (χ4n) is 2.56. The van der Waals surface area contributed by atoms with Gasteiger partial charge in [-0.3, -0.25) is 14.5 Å². The lowest BCUT2D eigenvalue weighted by molar-refractivity contribution is -0.119. The molecule has 6 heteroatoms. The van der Waals surface area contributed by atoms with E-state index in [1.165, 1.54) is 6.92 Å². The zero-order valence-electron chi connectivity index (χ0n) is 12.5. The van der Waals surface area contributed by atoms with Crippen molar-refractivity contribution >= 4 is 23.2 Å². The van der Waals surface area contributed by atoms with E-state index in [4.69, 9.17) is 5.73 Å². The van der Waals surface area contributed by atoms with E-state index in [9.17, 15) is 9.59 Å². The molecule has 2 amide bonds. The smallest absolute Gasteiger partial charge is 0.238 e. The van der Waals surface area contributed by atoms with Crippen molar-refractivity contribution in [3.63, 3.8) is 0 Å². The number of nitrogens with zero attached hydrogens (tertiary/aromatic N) is 1. The second kappa shape index (κ2) is 6.58. The van der Waals surface area contributed by atoms with Crippen molar-refractivity contribution in [3.05, 3.63) is 23.8 Å². The van der Waals surface area contributed by atoms with Crippen LogP contribution >= 0.6 is 0 Å². The highest BCUT2D eigenvalue weighted by Gasteiger charge is 2.24. The topological polar surface area (TPSA) is 87.5 Å². The molecule has 1 atom stereocenters. The van der Waals surface area contributed by atoms with Crippen LogP contribution in [0.2, 0.25) is 0 Å². The first-order chi connectivity index (χ1) is 9.95. The van der Waals surface area contributed by atoms with Gasteiger partial charge in [0.2, 0.25) is 11.8 Å². The fourth-order valence-corrected chi connectivity index (χ4v) is 2.56. The molecule has 1 saturated heterocycles. The Morgan fingerprint density at radius 1 is 1.43 bits per heavy atom. The monoisotopic (exact) mass is 290 g/mol. The third-order valence-corrected chi connectivity index (χ3v) is 3.70. The van der Waals surface area contributed by atoms with E-state index in [-0.39, 0.29) is 17.9 Å². The number of benzene rings is 1. The van der Waals surface area contributed by atoms with Gasteiger partial charge in [-0.15, -0.1) is 0 Å². The van der Waals surface area contributed by atoms with Crippen molar-refractivity contribution in [2.75, 3.05) is 30.7 Å². The maximum absolute atomic E-state index is 12.1. The number of rotatable bonds is 4. The summed E-state index contributed by atoms with van der Waals surface area (Å²) in [5.74, 6) is -0.0890. The summed E-state index contributed by atoms with van der Waals surface area (Å²) < 4.78 is 0. The van der Waals surface area contributed by atoms with Crippen molar-refractivity contribution in [3.8, 4) is 0 Å². The fraction of sp³-hybridized carbons (Fsp3) is 0.467. The number of hydrogen-bond acceptors (Lipinski definition) is 4. The number of anilines is 2. The largest absolute Gasteiger partial charge is 0.398 e. The average Bonchev–Trinajstić information content (AvgIpc) is 2.81. The molecular formula is C15H22N4O2. The highest BCUT2D eigenvalue weighted by molar-refractivity contribution is 5.93. The van der Waals surface area contributed by atoms with Gasteiger partial charge >= 0.3 is 0 Å². The van der Waals surface area contributed by atoms with Crippen molar-refractivity contribution in [1.82, 2.24) is 10.2 Å². The molecule has 0 spiro atoms. The first kappa shape index (κ1) is 15.3. The molecule has 1 aromatic rings. The van der Waals surface area contributed by atoms with Gasteiger partial charge in [0.25, 0.3) is 0 Å². The molecule has 0 aliphatic carbocycles. The summed E-state index contributed by atoms with van der Waals surface area (Å²) in [6.07, 6.45) is 0.879. The average molecular weight is 290 g/mol. The summed E-state index contributed by atoms with van der Waals surface area (Å²) in [6, 6.07) is 5.61. The third-order valence-electron chi connectivity index (χ3n) is 3.70. The summed E-state index contributed by atoms with van der Waals surface area (Å²) in [4.78, 5) is 25.1. The summed E-state index contributed by atoms with van der Waals surface area (Å²) >= 11 is 0. The van der Waals surface area contributed by atoms with Crippen LogP contribution in [0.25, 0.3) is 0 Å². The highest BCUT2D eigenvalue weighted by atomic mass is 16.2. The second-order valence-electron chi connectivity index (χ2n) is 5.49. The molecule has 0 radical (unpaired) electrons. The zero-order chi connectivity index (χ0) is 15.4. The maximum atomic E-state index is 12.1. The van der Waals surface area contributed by atoms with Crippen LogP contribution in [0, 0.1) is 6.92 Å². The maximum Gasteiger partial charge on any atom is 0.238 e. The normalized spacial score (nSPS) is 18.5. The van der Waals surface area contributed by atoms with E-state index in [1.54, 1.807) is 0 Å². The summed E-state index contributed by atoms with van der Waals surface area (Å²) in [6.45, 7) is 5.24. The number of nitrogens with two attached hydrogens (primary N) is 1. The van der Waals surface area contributed by atoms with Crippen LogP contribution in [0.1, 0.15) is 18.9 Å². The first-order valence-corrected chi connectivity index (χ1v) is 7.10. The molecule has 0 saturated carbocycles. The molecule has 1 aliphatic heterocycles. The van der Waals surface area contributed by atoms with E-state index in [0.29, 0.717) is 18.8 Å². The molecule has 1 aliphatic rings. The molecular weight excluding hydrogens is 268 g/mol. The molecule has 4 N–H and O–H groups in total. The van der Waals surface area contributed by atoms with Gasteiger partial charge in [-0.1, -0.05) is 6.07 Å². The first-order valence-electron chi connectivity index (χ1n) is 7.10. The van der Waals surface area contributed by atoms with Gasteiger partial charge in [0.15, 0.2) is 0 Å². The molecule has 1 unspecified atom stereocenters. The third kappa shape index (κ3) is 4.19. The molecule has 1 heterocycles. The number of nitrogen functional groups attached to an aromatic ring is 1. The number of hydrogen-bond donors (Lipinski definition) is 3. The minimum Gasteiger partial charge on any atom is -0.398 e. The minimum absolute atomic E-state index is 0.0262. The van der Waals surface area contributed by atoms with Crippen LogP contribution in [-0.2, 0) is 9.59 Å². The van der Waals surface area contributed by atoms with Crippen molar-refractivity contribution in [2.45, 2.75) is 26.3 Å². The van der Waals surface area contributed by atoms with Gasteiger partial charge in [-0.05, 0) is 31.0 Å². The van der Waals surface area contributed by atoms with E-state index in [2.05, 4.69) is 10.6 Å². The Labute approximate surface area is 124 Å².